The van der Waals surface area contributed by atoms with E-state index in [1.165, 1.54) is 6.20 Å². The van der Waals surface area contributed by atoms with Gasteiger partial charge in [-0.3, -0.25) is 4.79 Å². The zero-order chi connectivity index (χ0) is 18.8. The van der Waals surface area contributed by atoms with Crippen LogP contribution in [0.3, 0.4) is 0 Å². The third-order valence-corrected chi connectivity index (χ3v) is 5.19. The number of aromatic carboxylic acids is 1. The van der Waals surface area contributed by atoms with Crippen molar-refractivity contribution in [2.24, 2.45) is 0 Å². The molecule has 26 heavy (non-hydrogen) atoms. The van der Waals surface area contributed by atoms with E-state index >= 15 is 0 Å². The first-order chi connectivity index (χ1) is 12.2. The largest absolute Gasteiger partial charge is 0.477 e. The highest BCUT2D eigenvalue weighted by Crippen LogP contribution is 2.32. The number of fused-ring (bicyclic) bond motifs is 3. The summed E-state index contributed by atoms with van der Waals surface area (Å²) in [7, 11) is 0. The number of rotatable bonds is 2. The predicted molar refractivity (Wildman–Crippen MR) is 95.5 cm³/mol. The Hall–Kier alpha value is -2.48. The fraction of sp³-hybridized carbons (Fsp3) is 0.500. The Bertz CT molecular complexity index is 979. The van der Waals surface area contributed by atoms with Crippen molar-refractivity contribution in [3.05, 3.63) is 33.9 Å². The van der Waals surface area contributed by atoms with Crippen LogP contribution < -0.4 is 15.6 Å². The molecular formula is C18H21FN4O3. The Morgan fingerprint density at radius 2 is 2.15 bits per heavy atom. The summed E-state index contributed by atoms with van der Waals surface area (Å²) in [5.74, 6) is -1.69. The van der Waals surface area contributed by atoms with E-state index in [2.05, 4.69) is 10.3 Å². The van der Waals surface area contributed by atoms with Crippen molar-refractivity contribution in [1.82, 2.24) is 14.9 Å². The molecule has 2 aromatic rings. The lowest BCUT2D eigenvalue weighted by Crippen LogP contribution is -2.44. The molecule has 0 saturated carbocycles. The maximum atomic E-state index is 14.8. The van der Waals surface area contributed by atoms with Crippen molar-refractivity contribution in [2.45, 2.75) is 44.8 Å². The van der Waals surface area contributed by atoms with Gasteiger partial charge in [0.15, 0.2) is 11.6 Å². The summed E-state index contributed by atoms with van der Waals surface area (Å²) in [5.41, 5.74) is -1.31. The molecule has 2 bridgehead atoms. The third-order valence-electron chi connectivity index (χ3n) is 5.19. The molecule has 7 nitrogen and oxygen atoms in total. The third kappa shape index (κ3) is 2.47. The first-order valence-electron chi connectivity index (χ1n) is 8.66. The van der Waals surface area contributed by atoms with Gasteiger partial charge in [0.1, 0.15) is 11.2 Å². The van der Waals surface area contributed by atoms with Crippen LogP contribution in [0.2, 0.25) is 0 Å². The minimum atomic E-state index is -1.33. The SMILES string of the molecule is CC(C)(C)n1cc(C(=O)O)c(=O)c2cc(F)c(N3CC4C[C@H]3CN4)nc21. The van der Waals surface area contributed by atoms with Gasteiger partial charge >= 0.3 is 5.97 Å². The van der Waals surface area contributed by atoms with E-state index in [0.717, 1.165) is 19.0 Å². The molecule has 138 valence electrons. The molecule has 8 heteroatoms. The van der Waals surface area contributed by atoms with Gasteiger partial charge in [0, 0.05) is 36.9 Å². The van der Waals surface area contributed by atoms with Crippen LogP contribution in [0.1, 0.15) is 37.6 Å². The quantitative estimate of drug-likeness (QED) is 0.845. The Balaban J connectivity index is 1.99. The van der Waals surface area contributed by atoms with Crippen LogP contribution >= 0.6 is 0 Å². The number of halogens is 1. The summed E-state index contributed by atoms with van der Waals surface area (Å²) in [6.07, 6.45) is 2.25. The number of nitrogens with zero attached hydrogens (tertiary/aromatic N) is 3. The van der Waals surface area contributed by atoms with Crippen molar-refractivity contribution >= 4 is 22.8 Å². The van der Waals surface area contributed by atoms with Crippen molar-refractivity contribution in [3.63, 3.8) is 0 Å². The first-order valence-corrected chi connectivity index (χ1v) is 8.66. The van der Waals surface area contributed by atoms with Gasteiger partial charge in [0.25, 0.3) is 0 Å². The van der Waals surface area contributed by atoms with Crippen molar-refractivity contribution in [1.29, 1.82) is 0 Å². The highest BCUT2D eigenvalue weighted by molar-refractivity contribution is 5.92. The van der Waals surface area contributed by atoms with E-state index in [9.17, 15) is 19.1 Å². The summed E-state index contributed by atoms with van der Waals surface area (Å²) in [4.78, 5) is 30.4. The molecule has 1 unspecified atom stereocenters. The molecule has 2 saturated heterocycles. The zero-order valence-electron chi connectivity index (χ0n) is 14.9. The normalized spacial score (nSPS) is 22.4. The molecule has 0 aromatic carbocycles. The number of aromatic nitrogens is 2. The number of hydrogen-bond donors (Lipinski definition) is 2. The first kappa shape index (κ1) is 17.0. The zero-order valence-corrected chi connectivity index (χ0v) is 14.9. The van der Waals surface area contributed by atoms with Crippen LogP contribution in [0, 0.1) is 5.82 Å². The van der Waals surface area contributed by atoms with E-state index in [-0.39, 0.29) is 22.8 Å². The molecule has 2 aliphatic rings. The summed E-state index contributed by atoms with van der Waals surface area (Å²) in [6, 6.07) is 1.65. The van der Waals surface area contributed by atoms with Crippen molar-refractivity contribution < 1.29 is 14.3 Å². The maximum absolute atomic E-state index is 14.8. The molecule has 2 N–H and O–H groups in total. The topological polar surface area (TPSA) is 87.5 Å². The molecule has 4 heterocycles. The molecule has 2 aromatic heterocycles. The number of nitrogens with one attached hydrogen (secondary N) is 1. The highest BCUT2D eigenvalue weighted by atomic mass is 19.1. The van der Waals surface area contributed by atoms with Gasteiger partial charge in [-0.25, -0.2) is 14.2 Å². The molecule has 0 radical (unpaired) electrons. The van der Waals surface area contributed by atoms with E-state index in [1.807, 2.05) is 25.7 Å². The van der Waals surface area contributed by atoms with Crippen LogP contribution in [0.15, 0.2) is 17.1 Å². The molecule has 0 aliphatic carbocycles. The second kappa shape index (κ2) is 5.51. The van der Waals surface area contributed by atoms with Crippen molar-refractivity contribution in [3.8, 4) is 0 Å². The lowest BCUT2D eigenvalue weighted by atomic mass is 10.1. The molecule has 2 fully saturated rings. The minimum Gasteiger partial charge on any atom is -0.477 e. The van der Waals surface area contributed by atoms with Gasteiger partial charge < -0.3 is 19.9 Å². The summed E-state index contributed by atoms with van der Waals surface area (Å²) >= 11 is 0. The number of pyridine rings is 2. The second-order valence-electron chi connectivity index (χ2n) is 8.03. The van der Waals surface area contributed by atoms with Gasteiger partial charge in [-0.1, -0.05) is 0 Å². The Labute approximate surface area is 149 Å². The molecular weight excluding hydrogens is 339 g/mol. The van der Waals surface area contributed by atoms with Crippen LogP contribution in [0.4, 0.5) is 10.2 Å². The minimum absolute atomic E-state index is 0.0106. The van der Waals surface area contributed by atoms with Crippen molar-refractivity contribution in [2.75, 3.05) is 18.0 Å². The fourth-order valence-corrected chi connectivity index (χ4v) is 3.90. The highest BCUT2D eigenvalue weighted by Gasteiger charge is 2.39. The Kier molecular flexibility index (Phi) is 3.59. The number of carboxylic acids is 1. The van der Waals surface area contributed by atoms with E-state index < -0.39 is 22.8 Å². The summed E-state index contributed by atoms with van der Waals surface area (Å²) < 4.78 is 16.5. The van der Waals surface area contributed by atoms with E-state index in [4.69, 9.17) is 0 Å². The van der Waals surface area contributed by atoms with Crippen LogP contribution in [0.25, 0.3) is 11.0 Å². The molecule has 0 spiro atoms. The molecule has 0 amide bonds. The van der Waals surface area contributed by atoms with E-state index in [1.54, 1.807) is 4.57 Å². The smallest absolute Gasteiger partial charge is 0.341 e. The summed E-state index contributed by atoms with van der Waals surface area (Å²) in [5, 5.41) is 12.7. The number of carbonyl (C=O) groups is 1. The fourth-order valence-electron chi connectivity index (χ4n) is 3.90. The Morgan fingerprint density at radius 1 is 1.42 bits per heavy atom. The average Bonchev–Trinajstić information content (AvgIpc) is 3.16. The standard InChI is InChI=1S/C18H21FN4O3/c1-18(2,3)23-8-12(17(25)26)14(24)11-5-13(19)16(21-15(11)23)22-7-9-4-10(22)6-20-9/h5,8-10,20H,4,6-7H2,1-3H3,(H,25,26)/t9?,10-/m0/s1. The maximum Gasteiger partial charge on any atom is 0.341 e. The lowest BCUT2D eigenvalue weighted by Gasteiger charge is -2.30. The van der Waals surface area contributed by atoms with Crippen LogP contribution in [-0.4, -0.2) is 45.8 Å². The summed E-state index contributed by atoms with van der Waals surface area (Å²) in [6.45, 7) is 7.11. The number of hydrogen-bond acceptors (Lipinski definition) is 5. The predicted octanol–water partition coefficient (Wildman–Crippen LogP) is 1.54. The number of anilines is 1. The molecule has 4 rings (SSSR count). The van der Waals surface area contributed by atoms with E-state index in [0.29, 0.717) is 18.2 Å². The molecule has 2 atom stereocenters. The molecule has 2 aliphatic heterocycles. The van der Waals surface area contributed by atoms with Gasteiger partial charge in [-0.05, 0) is 33.3 Å². The van der Waals surface area contributed by atoms with Gasteiger partial charge in [-0.2, -0.15) is 0 Å². The number of carboxylic acid groups (broad SMARTS) is 1. The average molecular weight is 360 g/mol. The Morgan fingerprint density at radius 3 is 2.69 bits per heavy atom. The lowest BCUT2D eigenvalue weighted by molar-refractivity contribution is 0.0694. The van der Waals surface area contributed by atoms with Crippen LogP contribution in [-0.2, 0) is 5.54 Å². The number of piperazine rings is 1. The van der Waals surface area contributed by atoms with Gasteiger partial charge in [0.05, 0.1) is 5.39 Å². The van der Waals surface area contributed by atoms with Crippen LogP contribution in [0.5, 0.6) is 0 Å². The van der Waals surface area contributed by atoms with Gasteiger partial charge in [-0.15, -0.1) is 0 Å². The monoisotopic (exact) mass is 360 g/mol. The van der Waals surface area contributed by atoms with Gasteiger partial charge in [0.2, 0.25) is 5.43 Å². The second-order valence-corrected chi connectivity index (χ2v) is 8.03.